The lowest BCUT2D eigenvalue weighted by Gasteiger charge is -2.26. The molecule has 2 atom stereocenters. The molecule has 7 heteroatoms. The Morgan fingerprint density at radius 3 is 2.72 bits per heavy atom. The number of halogens is 1. The van der Waals surface area contributed by atoms with E-state index in [1.54, 1.807) is 18.3 Å². The summed E-state index contributed by atoms with van der Waals surface area (Å²) in [6, 6.07) is 19.6. The van der Waals surface area contributed by atoms with Crippen LogP contribution in [0.2, 0.25) is 0 Å². The number of nitrogens with zero attached hydrogens (tertiary/aromatic N) is 1. The molecule has 0 bridgehead atoms. The fourth-order valence-electron chi connectivity index (χ4n) is 4.10. The van der Waals surface area contributed by atoms with Gasteiger partial charge in [-0.2, -0.15) is 0 Å². The number of hydrogen-bond donors (Lipinski definition) is 2. The average Bonchev–Trinajstić information content (AvgIpc) is 3.36. The maximum absolute atomic E-state index is 12.2. The van der Waals surface area contributed by atoms with Crippen molar-refractivity contribution in [2.75, 3.05) is 11.9 Å². The van der Waals surface area contributed by atoms with Crippen LogP contribution in [0.25, 0.3) is 0 Å². The molecule has 1 aromatic heterocycles. The van der Waals surface area contributed by atoms with Crippen LogP contribution in [0.5, 0.6) is 17.4 Å². The summed E-state index contributed by atoms with van der Waals surface area (Å²) >= 11 is 0. The number of pyridine rings is 1. The zero-order valence-electron chi connectivity index (χ0n) is 17.6. The summed E-state index contributed by atoms with van der Waals surface area (Å²) in [5, 5.41) is 6.09. The number of anilines is 1. The summed E-state index contributed by atoms with van der Waals surface area (Å²) in [7, 11) is 0. The van der Waals surface area contributed by atoms with Crippen LogP contribution in [0, 0.1) is 0 Å². The summed E-state index contributed by atoms with van der Waals surface area (Å²) in [5.41, 5.74) is 3.00. The Hall–Kier alpha value is -3.09. The third-order valence-corrected chi connectivity index (χ3v) is 5.75. The van der Waals surface area contributed by atoms with Gasteiger partial charge in [-0.25, -0.2) is 4.98 Å². The third-order valence-electron chi connectivity index (χ3n) is 5.75. The molecule has 0 radical (unpaired) electrons. The molecule has 3 heterocycles. The van der Waals surface area contributed by atoms with Crippen LogP contribution in [0.3, 0.4) is 0 Å². The number of ether oxygens (including phenoxy) is 2. The van der Waals surface area contributed by atoms with E-state index in [0.717, 1.165) is 49.3 Å². The lowest BCUT2D eigenvalue weighted by Crippen LogP contribution is -2.35. The number of benzene rings is 2. The number of rotatable bonds is 5. The Balaban J connectivity index is 0.00000245. The van der Waals surface area contributed by atoms with E-state index in [1.165, 1.54) is 5.56 Å². The van der Waals surface area contributed by atoms with Gasteiger partial charge in [-0.1, -0.05) is 30.3 Å². The lowest BCUT2D eigenvalue weighted by molar-refractivity contribution is -0.117. The molecule has 1 unspecified atom stereocenters. The Labute approximate surface area is 193 Å². The molecule has 32 heavy (non-hydrogen) atoms. The van der Waals surface area contributed by atoms with E-state index in [0.29, 0.717) is 11.6 Å². The summed E-state index contributed by atoms with van der Waals surface area (Å²) in [6.07, 6.45) is 5.47. The van der Waals surface area contributed by atoms with Gasteiger partial charge in [0.15, 0.2) is 0 Å². The molecule has 1 amide bonds. The van der Waals surface area contributed by atoms with Crippen molar-refractivity contribution in [1.29, 1.82) is 0 Å². The number of aryl methyl sites for hydroxylation is 1. The molecule has 1 fully saturated rings. The normalized spacial score (nSPS) is 19.2. The molecule has 6 nitrogen and oxygen atoms in total. The fourth-order valence-corrected chi connectivity index (χ4v) is 4.10. The molecule has 2 N–H and O–H groups in total. The van der Waals surface area contributed by atoms with Crippen LogP contribution in [0.15, 0.2) is 66.9 Å². The van der Waals surface area contributed by atoms with Crippen LogP contribution < -0.4 is 20.1 Å². The van der Waals surface area contributed by atoms with E-state index < -0.39 is 0 Å². The van der Waals surface area contributed by atoms with Gasteiger partial charge in [-0.05, 0) is 67.6 Å². The monoisotopic (exact) mass is 451 g/mol. The number of carbonyl (C=O) groups is 1. The molecule has 0 saturated carbocycles. The molecule has 0 spiro atoms. The molecule has 2 aliphatic heterocycles. The Bertz CT molecular complexity index is 1050. The highest BCUT2D eigenvalue weighted by Gasteiger charge is 2.23. The molecule has 0 aliphatic carbocycles. The van der Waals surface area contributed by atoms with Gasteiger partial charge in [-0.3, -0.25) is 4.79 Å². The average molecular weight is 452 g/mol. The van der Waals surface area contributed by atoms with E-state index in [9.17, 15) is 4.79 Å². The van der Waals surface area contributed by atoms with Crippen LogP contribution >= 0.6 is 12.4 Å². The van der Waals surface area contributed by atoms with Crippen molar-refractivity contribution in [1.82, 2.24) is 10.3 Å². The van der Waals surface area contributed by atoms with Crippen LogP contribution in [-0.4, -0.2) is 23.5 Å². The molecule has 5 rings (SSSR count). The highest BCUT2D eigenvalue weighted by Crippen LogP contribution is 2.37. The van der Waals surface area contributed by atoms with Gasteiger partial charge in [0.2, 0.25) is 11.8 Å². The predicted octanol–water partition coefficient (Wildman–Crippen LogP) is 5.05. The first kappa shape index (κ1) is 22.1. The first-order valence-corrected chi connectivity index (χ1v) is 10.8. The number of hydrogen-bond acceptors (Lipinski definition) is 5. The predicted molar refractivity (Wildman–Crippen MR) is 126 cm³/mol. The number of carbonyl (C=O) groups excluding carboxylic acids is 1. The SMILES string of the molecule is Cl.O=C(Nc1ccc(Oc2ccc3c(c2)CCC(c2ccccc2)O3)nc1)[C@@H]1CCCN1. The Kier molecular flexibility index (Phi) is 6.93. The van der Waals surface area contributed by atoms with E-state index in [2.05, 4.69) is 27.8 Å². The second kappa shape index (κ2) is 10.0. The van der Waals surface area contributed by atoms with Crippen LogP contribution in [-0.2, 0) is 11.2 Å². The van der Waals surface area contributed by atoms with Crippen LogP contribution in [0.1, 0.15) is 36.5 Å². The second-order valence-electron chi connectivity index (χ2n) is 7.95. The van der Waals surface area contributed by atoms with E-state index in [4.69, 9.17) is 9.47 Å². The minimum absolute atomic E-state index is 0. The first-order valence-electron chi connectivity index (χ1n) is 10.8. The molecule has 3 aromatic rings. The van der Waals surface area contributed by atoms with E-state index in [1.807, 2.05) is 36.4 Å². The van der Waals surface area contributed by atoms with E-state index in [-0.39, 0.29) is 30.5 Å². The molecular weight excluding hydrogens is 426 g/mol. The van der Waals surface area contributed by atoms with Crippen molar-refractivity contribution in [3.8, 4) is 17.4 Å². The highest BCUT2D eigenvalue weighted by molar-refractivity contribution is 5.94. The second-order valence-corrected chi connectivity index (χ2v) is 7.95. The first-order chi connectivity index (χ1) is 15.2. The van der Waals surface area contributed by atoms with Crippen molar-refractivity contribution in [2.45, 2.75) is 37.8 Å². The number of amides is 1. The quantitative estimate of drug-likeness (QED) is 0.567. The summed E-state index contributed by atoms with van der Waals surface area (Å²) in [4.78, 5) is 16.5. The van der Waals surface area contributed by atoms with Gasteiger partial charge in [-0.15, -0.1) is 12.4 Å². The standard InChI is InChI=1S/C25H25N3O3.ClH/c29-25(21-7-4-14-26-21)28-19-9-13-24(27-16-19)30-20-10-12-23-18(15-20)8-11-22(31-23)17-5-2-1-3-6-17;/h1-3,5-6,9-10,12-13,15-16,21-22,26H,4,7-8,11,14H2,(H,28,29);1H/t21-,22?;/m0./s1. The molecule has 1 saturated heterocycles. The fraction of sp³-hybridized carbons (Fsp3) is 0.280. The van der Waals surface area contributed by atoms with Gasteiger partial charge in [0, 0.05) is 6.07 Å². The number of fused-ring (bicyclic) bond motifs is 1. The minimum atomic E-state index is -0.116. The van der Waals surface area contributed by atoms with Crippen molar-refractivity contribution in [3.05, 3.63) is 78.0 Å². The van der Waals surface area contributed by atoms with Crippen LogP contribution in [0.4, 0.5) is 5.69 Å². The Morgan fingerprint density at radius 1 is 1.09 bits per heavy atom. The van der Waals surface area contributed by atoms with E-state index >= 15 is 0 Å². The number of nitrogens with one attached hydrogen (secondary N) is 2. The minimum Gasteiger partial charge on any atom is -0.485 e. The van der Waals surface area contributed by atoms with Gasteiger partial charge < -0.3 is 20.1 Å². The van der Waals surface area contributed by atoms with Gasteiger partial charge >= 0.3 is 0 Å². The lowest BCUT2D eigenvalue weighted by atomic mass is 9.97. The largest absolute Gasteiger partial charge is 0.485 e. The smallest absolute Gasteiger partial charge is 0.241 e. The van der Waals surface area contributed by atoms with Gasteiger partial charge in [0.05, 0.1) is 17.9 Å². The van der Waals surface area contributed by atoms with Gasteiger partial charge in [0.1, 0.15) is 17.6 Å². The highest BCUT2D eigenvalue weighted by atomic mass is 35.5. The molecule has 2 aromatic carbocycles. The summed E-state index contributed by atoms with van der Waals surface area (Å²) in [6.45, 7) is 0.891. The zero-order valence-corrected chi connectivity index (χ0v) is 18.4. The topological polar surface area (TPSA) is 72.5 Å². The van der Waals surface area contributed by atoms with Gasteiger partial charge in [0.25, 0.3) is 0 Å². The van der Waals surface area contributed by atoms with Crippen molar-refractivity contribution in [2.24, 2.45) is 0 Å². The maximum Gasteiger partial charge on any atom is 0.241 e. The maximum atomic E-state index is 12.2. The third kappa shape index (κ3) is 5.03. The Morgan fingerprint density at radius 2 is 1.97 bits per heavy atom. The molecule has 2 aliphatic rings. The zero-order chi connectivity index (χ0) is 21.0. The summed E-state index contributed by atoms with van der Waals surface area (Å²) < 4.78 is 12.1. The molecular formula is C25H26ClN3O3. The van der Waals surface area contributed by atoms with Crippen molar-refractivity contribution < 1.29 is 14.3 Å². The van der Waals surface area contributed by atoms with Crippen molar-refractivity contribution >= 4 is 24.0 Å². The number of aromatic nitrogens is 1. The summed E-state index contributed by atoms with van der Waals surface area (Å²) in [5.74, 6) is 2.09. The molecule has 166 valence electrons. The van der Waals surface area contributed by atoms with Crippen molar-refractivity contribution in [3.63, 3.8) is 0 Å².